The Balaban J connectivity index is 2.43. The van der Waals surface area contributed by atoms with Crippen molar-refractivity contribution in [3.8, 4) is 0 Å². The summed E-state index contributed by atoms with van der Waals surface area (Å²) in [7, 11) is 0. The van der Waals surface area contributed by atoms with E-state index >= 15 is 0 Å². The summed E-state index contributed by atoms with van der Waals surface area (Å²) in [6.07, 6.45) is 0.681. The Labute approximate surface area is 107 Å². The minimum Gasteiger partial charge on any atom is -0.385 e. The van der Waals surface area contributed by atoms with Crippen LogP contribution in [-0.4, -0.2) is 18.2 Å². The Morgan fingerprint density at radius 2 is 2.25 bits per heavy atom. The second kappa shape index (κ2) is 6.01. The molecule has 4 heteroatoms. The smallest absolute Gasteiger partial charge is 0.0986 e. The molecule has 0 aromatic carbocycles. The van der Waals surface area contributed by atoms with Crippen LogP contribution in [0.25, 0.3) is 0 Å². The van der Waals surface area contributed by atoms with Crippen LogP contribution >= 0.6 is 22.9 Å². The molecule has 2 nitrogen and oxygen atoms in total. The normalized spacial score (nSPS) is 15.4. The molecule has 0 aliphatic carbocycles. The molecule has 1 aromatic rings. The third kappa shape index (κ3) is 4.06. The third-order valence-corrected chi connectivity index (χ3v) is 4.04. The Kier molecular flexibility index (Phi) is 5.25. The molecule has 0 radical (unpaired) electrons. The van der Waals surface area contributed by atoms with E-state index in [1.54, 1.807) is 0 Å². The average Bonchev–Trinajstić information content (AvgIpc) is 2.59. The fraction of sp³-hybridized carbons (Fsp3) is 0.667. The molecular weight excluding hydrogens is 242 g/mol. The molecule has 0 saturated heterocycles. The summed E-state index contributed by atoms with van der Waals surface area (Å²) in [5, 5.41) is 16.2. The average molecular weight is 262 g/mol. The lowest BCUT2D eigenvalue weighted by molar-refractivity contribution is 0.0517. The molecule has 0 aliphatic rings. The van der Waals surface area contributed by atoms with Crippen LogP contribution in [0.3, 0.4) is 0 Å². The van der Waals surface area contributed by atoms with Crippen LogP contribution in [0, 0.1) is 5.92 Å². The van der Waals surface area contributed by atoms with Gasteiger partial charge >= 0.3 is 0 Å². The van der Waals surface area contributed by atoms with Gasteiger partial charge in [-0.2, -0.15) is 0 Å². The highest BCUT2D eigenvalue weighted by atomic mass is 35.5. The van der Waals surface area contributed by atoms with Gasteiger partial charge in [0.25, 0.3) is 0 Å². The molecule has 1 unspecified atom stereocenters. The number of thiophene rings is 1. The number of aliphatic hydroxyl groups is 1. The first kappa shape index (κ1) is 14.0. The van der Waals surface area contributed by atoms with Gasteiger partial charge in [0.2, 0.25) is 0 Å². The number of hydrogen-bond donors (Lipinski definition) is 2. The van der Waals surface area contributed by atoms with Crippen LogP contribution < -0.4 is 5.32 Å². The van der Waals surface area contributed by atoms with Crippen LogP contribution in [0.15, 0.2) is 11.4 Å². The zero-order valence-electron chi connectivity index (χ0n) is 10.1. The largest absolute Gasteiger partial charge is 0.385 e. The predicted octanol–water partition coefficient (Wildman–Crippen LogP) is 3.24. The zero-order chi connectivity index (χ0) is 12.2. The van der Waals surface area contributed by atoms with Gasteiger partial charge in [-0.1, -0.05) is 25.4 Å². The summed E-state index contributed by atoms with van der Waals surface area (Å²) < 4.78 is 0. The van der Waals surface area contributed by atoms with E-state index in [0.717, 1.165) is 18.0 Å². The van der Waals surface area contributed by atoms with Crippen molar-refractivity contribution in [3.05, 3.63) is 21.3 Å². The first-order valence-electron chi connectivity index (χ1n) is 5.60. The van der Waals surface area contributed by atoms with Crippen molar-refractivity contribution in [3.63, 3.8) is 0 Å². The van der Waals surface area contributed by atoms with Gasteiger partial charge < -0.3 is 10.4 Å². The fourth-order valence-corrected chi connectivity index (χ4v) is 2.87. The van der Waals surface area contributed by atoms with Crippen molar-refractivity contribution in [1.29, 1.82) is 0 Å². The Bertz CT molecular complexity index is 323. The number of halogens is 1. The molecule has 0 saturated carbocycles. The first-order valence-corrected chi connectivity index (χ1v) is 6.86. The highest BCUT2D eigenvalue weighted by molar-refractivity contribution is 7.10. The van der Waals surface area contributed by atoms with E-state index in [1.165, 1.54) is 11.3 Å². The third-order valence-electron chi connectivity index (χ3n) is 2.45. The SMILES string of the molecule is CC(C)CNCCC(C)(O)c1sccc1Cl. The van der Waals surface area contributed by atoms with Gasteiger partial charge in [-0.25, -0.2) is 0 Å². The highest BCUT2D eigenvalue weighted by Gasteiger charge is 2.26. The molecule has 0 fully saturated rings. The lowest BCUT2D eigenvalue weighted by Gasteiger charge is -2.23. The van der Waals surface area contributed by atoms with Crippen LogP contribution in [0.2, 0.25) is 5.02 Å². The molecule has 1 aromatic heterocycles. The van der Waals surface area contributed by atoms with E-state index in [1.807, 2.05) is 18.4 Å². The molecule has 92 valence electrons. The lowest BCUT2D eigenvalue weighted by Crippen LogP contribution is -2.29. The number of hydrogen-bond acceptors (Lipinski definition) is 3. The van der Waals surface area contributed by atoms with Gasteiger partial charge in [-0.05, 0) is 43.8 Å². The van der Waals surface area contributed by atoms with E-state index < -0.39 is 5.60 Å². The standard InChI is InChI=1S/C12H20ClNOS/c1-9(2)8-14-6-5-12(3,15)11-10(13)4-7-16-11/h4,7,9,14-15H,5-6,8H2,1-3H3. The van der Waals surface area contributed by atoms with Crippen molar-refractivity contribution < 1.29 is 5.11 Å². The Morgan fingerprint density at radius 1 is 1.56 bits per heavy atom. The quantitative estimate of drug-likeness (QED) is 0.771. The van der Waals surface area contributed by atoms with Crippen molar-refractivity contribution in [1.82, 2.24) is 5.32 Å². The summed E-state index contributed by atoms with van der Waals surface area (Å²) >= 11 is 7.53. The molecule has 0 aliphatic heterocycles. The Morgan fingerprint density at radius 3 is 2.75 bits per heavy atom. The molecule has 1 rings (SSSR count). The van der Waals surface area contributed by atoms with E-state index in [4.69, 9.17) is 11.6 Å². The van der Waals surface area contributed by atoms with Crippen molar-refractivity contribution in [2.45, 2.75) is 32.8 Å². The monoisotopic (exact) mass is 261 g/mol. The van der Waals surface area contributed by atoms with Gasteiger partial charge in [0.05, 0.1) is 15.5 Å². The number of nitrogens with one attached hydrogen (secondary N) is 1. The maximum atomic E-state index is 10.3. The molecular formula is C12H20ClNOS. The second-order valence-electron chi connectivity index (χ2n) is 4.72. The predicted molar refractivity (Wildman–Crippen MR) is 71.2 cm³/mol. The summed E-state index contributed by atoms with van der Waals surface area (Å²) in [4.78, 5) is 0.862. The maximum absolute atomic E-state index is 10.3. The van der Waals surface area contributed by atoms with E-state index in [0.29, 0.717) is 17.4 Å². The number of rotatable bonds is 6. The molecule has 0 amide bonds. The maximum Gasteiger partial charge on any atom is 0.0986 e. The van der Waals surface area contributed by atoms with Gasteiger partial charge in [0, 0.05) is 0 Å². The summed E-state index contributed by atoms with van der Waals surface area (Å²) in [5.41, 5.74) is -0.824. The van der Waals surface area contributed by atoms with Gasteiger partial charge in [0.15, 0.2) is 0 Å². The van der Waals surface area contributed by atoms with E-state index in [9.17, 15) is 5.11 Å². The molecule has 0 spiro atoms. The molecule has 1 heterocycles. The van der Waals surface area contributed by atoms with Crippen molar-refractivity contribution in [2.24, 2.45) is 5.92 Å². The summed E-state index contributed by atoms with van der Waals surface area (Å²) in [6.45, 7) is 7.94. The summed E-state index contributed by atoms with van der Waals surface area (Å²) in [6, 6.07) is 1.83. The van der Waals surface area contributed by atoms with Crippen LogP contribution in [0.5, 0.6) is 0 Å². The van der Waals surface area contributed by atoms with Crippen molar-refractivity contribution in [2.75, 3.05) is 13.1 Å². The minimum atomic E-state index is -0.824. The fourth-order valence-electron chi connectivity index (χ4n) is 1.51. The zero-order valence-corrected chi connectivity index (χ0v) is 11.7. The highest BCUT2D eigenvalue weighted by Crippen LogP contribution is 2.34. The van der Waals surface area contributed by atoms with E-state index in [-0.39, 0.29) is 0 Å². The van der Waals surface area contributed by atoms with Crippen molar-refractivity contribution >= 4 is 22.9 Å². The summed E-state index contributed by atoms with van der Waals surface area (Å²) in [5.74, 6) is 0.635. The molecule has 0 bridgehead atoms. The molecule has 1 atom stereocenters. The first-order chi connectivity index (χ1) is 7.43. The lowest BCUT2D eigenvalue weighted by atomic mass is 10.0. The van der Waals surface area contributed by atoms with Crippen LogP contribution in [0.1, 0.15) is 32.1 Å². The second-order valence-corrected chi connectivity index (χ2v) is 6.04. The van der Waals surface area contributed by atoms with Crippen LogP contribution in [0.4, 0.5) is 0 Å². The van der Waals surface area contributed by atoms with Gasteiger partial charge in [-0.3, -0.25) is 0 Å². The van der Waals surface area contributed by atoms with Gasteiger partial charge in [-0.15, -0.1) is 11.3 Å². The topological polar surface area (TPSA) is 32.3 Å². The Hall–Kier alpha value is -0.0900. The van der Waals surface area contributed by atoms with E-state index in [2.05, 4.69) is 19.2 Å². The van der Waals surface area contributed by atoms with Crippen LogP contribution in [-0.2, 0) is 5.60 Å². The van der Waals surface area contributed by atoms with Gasteiger partial charge in [0.1, 0.15) is 0 Å². The minimum absolute atomic E-state index is 0.635. The molecule has 2 N–H and O–H groups in total. The molecule has 16 heavy (non-hydrogen) atoms.